The summed E-state index contributed by atoms with van der Waals surface area (Å²) in [6.45, 7) is 7.41. The van der Waals surface area contributed by atoms with E-state index in [0.717, 1.165) is 11.0 Å². The zero-order valence-corrected chi connectivity index (χ0v) is 13.6. The van der Waals surface area contributed by atoms with Gasteiger partial charge in [-0.25, -0.2) is 0 Å². The number of rotatable bonds is 10. The number of benzene rings is 1. The molecule has 1 unspecified atom stereocenters. The SMILES string of the molecule is C=CC(CCCCCCC)[N+](C)(C)Cc1ccccc1. The fourth-order valence-electron chi connectivity index (χ4n) is 2.88. The summed E-state index contributed by atoms with van der Waals surface area (Å²) in [5, 5.41) is 0. The summed E-state index contributed by atoms with van der Waals surface area (Å²) in [6, 6.07) is 11.3. The second kappa shape index (κ2) is 8.97. The molecule has 0 spiro atoms. The maximum Gasteiger partial charge on any atom is 0.107 e. The molecule has 1 aromatic carbocycles. The zero-order valence-electron chi connectivity index (χ0n) is 13.6. The molecule has 0 fully saturated rings. The van der Waals surface area contributed by atoms with Crippen LogP contribution in [0, 0.1) is 0 Å². The lowest BCUT2D eigenvalue weighted by atomic mass is 10.0. The van der Waals surface area contributed by atoms with Gasteiger partial charge in [-0.05, 0) is 12.5 Å². The van der Waals surface area contributed by atoms with Crippen molar-refractivity contribution in [2.75, 3.05) is 14.1 Å². The van der Waals surface area contributed by atoms with Gasteiger partial charge in [-0.1, -0.05) is 69.5 Å². The summed E-state index contributed by atoms with van der Waals surface area (Å²) in [5.41, 5.74) is 1.41. The third kappa shape index (κ3) is 5.92. The Morgan fingerprint density at radius 3 is 2.30 bits per heavy atom. The van der Waals surface area contributed by atoms with Gasteiger partial charge in [-0.15, -0.1) is 0 Å². The van der Waals surface area contributed by atoms with E-state index in [2.05, 4.69) is 64.0 Å². The largest absolute Gasteiger partial charge is 0.319 e. The van der Waals surface area contributed by atoms with E-state index in [-0.39, 0.29) is 0 Å². The second-order valence-corrected chi connectivity index (χ2v) is 6.43. The topological polar surface area (TPSA) is 0 Å². The number of likely N-dealkylation sites (N-methyl/N-ethyl adjacent to an activating group) is 1. The predicted molar refractivity (Wildman–Crippen MR) is 89.6 cm³/mol. The third-order valence-corrected chi connectivity index (χ3v) is 4.21. The highest BCUT2D eigenvalue weighted by Gasteiger charge is 2.25. The molecule has 1 rings (SSSR count). The standard InChI is InChI=1S/C19H32N/c1-5-7-8-9-13-16-19(6-2)20(3,4)17-18-14-11-10-12-15-18/h6,10-12,14-15,19H,2,5,7-9,13,16-17H2,1,3-4H3/q+1. The van der Waals surface area contributed by atoms with Gasteiger partial charge in [-0.3, -0.25) is 0 Å². The molecule has 0 aliphatic heterocycles. The van der Waals surface area contributed by atoms with Crippen molar-refractivity contribution in [1.82, 2.24) is 0 Å². The quantitative estimate of drug-likeness (QED) is 0.313. The summed E-state index contributed by atoms with van der Waals surface area (Å²) in [7, 11) is 4.65. The average Bonchev–Trinajstić information content (AvgIpc) is 2.43. The first-order valence-electron chi connectivity index (χ1n) is 8.09. The minimum absolute atomic E-state index is 0.553. The van der Waals surface area contributed by atoms with Crippen molar-refractivity contribution in [2.24, 2.45) is 0 Å². The number of unbranched alkanes of at least 4 members (excludes halogenated alkanes) is 4. The van der Waals surface area contributed by atoms with E-state index in [0.29, 0.717) is 6.04 Å². The molecule has 0 aliphatic rings. The normalized spacial score (nSPS) is 13.2. The average molecular weight is 274 g/mol. The van der Waals surface area contributed by atoms with Crippen LogP contribution in [0.4, 0.5) is 0 Å². The number of quaternary nitrogens is 1. The smallest absolute Gasteiger partial charge is 0.107 e. The van der Waals surface area contributed by atoms with Crippen LogP contribution in [-0.2, 0) is 6.54 Å². The van der Waals surface area contributed by atoms with Crippen LogP contribution in [0.2, 0.25) is 0 Å². The number of hydrogen-bond donors (Lipinski definition) is 0. The lowest BCUT2D eigenvalue weighted by Gasteiger charge is -2.36. The van der Waals surface area contributed by atoms with Crippen molar-refractivity contribution in [3.05, 3.63) is 48.6 Å². The molecule has 0 N–H and O–H groups in total. The van der Waals surface area contributed by atoms with E-state index >= 15 is 0 Å². The first kappa shape index (κ1) is 17.0. The van der Waals surface area contributed by atoms with Crippen LogP contribution in [0.15, 0.2) is 43.0 Å². The van der Waals surface area contributed by atoms with Crippen LogP contribution in [0.3, 0.4) is 0 Å². The van der Waals surface area contributed by atoms with Crippen molar-refractivity contribution in [1.29, 1.82) is 0 Å². The highest BCUT2D eigenvalue weighted by molar-refractivity contribution is 5.13. The molecule has 0 radical (unpaired) electrons. The van der Waals surface area contributed by atoms with Crippen LogP contribution in [0.5, 0.6) is 0 Å². The zero-order chi connectivity index (χ0) is 14.8. The van der Waals surface area contributed by atoms with Crippen LogP contribution in [0.25, 0.3) is 0 Å². The number of hydrogen-bond acceptors (Lipinski definition) is 0. The van der Waals surface area contributed by atoms with Crippen LogP contribution in [0.1, 0.15) is 51.0 Å². The summed E-state index contributed by atoms with van der Waals surface area (Å²) in [5.74, 6) is 0. The Bertz CT molecular complexity index is 367. The molecular formula is C19H32N+. The molecule has 0 aromatic heterocycles. The Hall–Kier alpha value is -1.08. The molecule has 112 valence electrons. The molecule has 1 aromatic rings. The van der Waals surface area contributed by atoms with E-state index in [4.69, 9.17) is 0 Å². The Kier molecular flexibility index (Phi) is 7.61. The second-order valence-electron chi connectivity index (χ2n) is 6.43. The maximum atomic E-state index is 4.07. The van der Waals surface area contributed by atoms with Crippen molar-refractivity contribution in [2.45, 2.75) is 58.0 Å². The summed E-state index contributed by atoms with van der Waals surface area (Å²) in [4.78, 5) is 0. The molecule has 0 amide bonds. The van der Waals surface area contributed by atoms with Gasteiger partial charge < -0.3 is 4.48 Å². The molecule has 0 heterocycles. The van der Waals surface area contributed by atoms with Gasteiger partial charge in [0.05, 0.1) is 14.1 Å². The summed E-state index contributed by atoms with van der Waals surface area (Å²) in [6.07, 6.45) is 10.2. The molecule has 0 aliphatic carbocycles. The van der Waals surface area contributed by atoms with E-state index < -0.39 is 0 Å². The summed E-state index contributed by atoms with van der Waals surface area (Å²) < 4.78 is 1.00. The van der Waals surface area contributed by atoms with E-state index in [9.17, 15) is 0 Å². The van der Waals surface area contributed by atoms with Crippen molar-refractivity contribution >= 4 is 0 Å². The molecule has 0 saturated carbocycles. The van der Waals surface area contributed by atoms with Gasteiger partial charge in [-0.2, -0.15) is 0 Å². The monoisotopic (exact) mass is 274 g/mol. The first-order chi connectivity index (χ1) is 9.60. The van der Waals surface area contributed by atoms with Gasteiger partial charge in [0, 0.05) is 12.0 Å². The predicted octanol–water partition coefficient (Wildman–Crippen LogP) is 5.18. The third-order valence-electron chi connectivity index (χ3n) is 4.21. The molecule has 20 heavy (non-hydrogen) atoms. The van der Waals surface area contributed by atoms with Gasteiger partial charge in [0.15, 0.2) is 0 Å². The molecule has 1 nitrogen and oxygen atoms in total. The van der Waals surface area contributed by atoms with Crippen LogP contribution in [-0.4, -0.2) is 24.6 Å². The highest BCUT2D eigenvalue weighted by atomic mass is 15.3. The summed E-state index contributed by atoms with van der Waals surface area (Å²) >= 11 is 0. The highest BCUT2D eigenvalue weighted by Crippen LogP contribution is 2.20. The van der Waals surface area contributed by atoms with E-state index in [1.165, 1.54) is 44.1 Å². The fourth-order valence-corrected chi connectivity index (χ4v) is 2.88. The minimum Gasteiger partial charge on any atom is -0.319 e. The minimum atomic E-state index is 0.553. The van der Waals surface area contributed by atoms with Crippen molar-refractivity contribution in [3.8, 4) is 0 Å². The molecule has 0 saturated heterocycles. The van der Waals surface area contributed by atoms with Crippen molar-refractivity contribution in [3.63, 3.8) is 0 Å². The molecule has 0 bridgehead atoms. The van der Waals surface area contributed by atoms with Crippen molar-refractivity contribution < 1.29 is 4.48 Å². The Balaban J connectivity index is 2.47. The lowest BCUT2D eigenvalue weighted by Crippen LogP contribution is -2.47. The van der Waals surface area contributed by atoms with E-state index in [1.54, 1.807) is 0 Å². The number of nitrogens with zero attached hydrogens (tertiary/aromatic N) is 1. The van der Waals surface area contributed by atoms with Gasteiger partial charge in [0.2, 0.25) is 0 Å². The molecule has 1 atom stereocenters. The fraction of sp³-hybridized carbons (Fsp3) is 0.579. The van der Waals surface area contributed by atoms with E-state index in [1.807, 2.05) is 0 Å². The van der Waals surface area contributed by atoms with Crippen LogP contribution < -0.4 is 0 Å². The molecule has 1 heteroatoms. The van der Waals surface area contributed by atoms with Gasteiger partial charge >= 0.3 is 0 Å². The maximum absolute atomic E-state index is 4.07. The first-order valence-corrected chi connectivity index (χ1v) is 8.09. The molecular weight excluding hydrogens is 242 g/mol. The Morgan fingerprint density at radius 2 is 1.70 bits per heavy atom. The Morgan fingerprint density at radius 1 is 1.05 bits per heavy atom. The van der Waals surface area contributed by atoms with Gasteiger partial charge in [0.1, 0.15) is 12.6 Å². The van der Waals surface area contributed by atoms with Crippen LogP contribution >= 0.6 is 0 Å². The lowest BCUT2D eigenvalue weighted by molar-refractivity contribution is -0.921. The Labute approximate surface area is 125 Å². The van der Waals surface area contributed by atoms with Gasteiger partial charge in [0.25, 0.3) is 0 Å².